The van der Waals surface area contributed by atoms with E-state index in [9.17, 15) is 8.42 Å². The summed E-state index contributed by atoms with van der Waals surface area (Å²) in [5.41, 5.74) is 9.71. The normalized spacial score (nSPS) is 19.6. The fourth-order valence-corrected chi connectivity index (χ4v) is 4.85. The van der Waals surface area contributed by atoms with Crippen LogP contribution in [0.3, 0.4) is 0 Å². The Morgan fingerprint density at radius 2 is 1.96 bits per heavy atom. The summed E-state index contributed by atoms with van der Waals surface area (Å²) in [4.78, 5) is 4.33. The van der Waals surface area contributed by atoms with Crippen LogP contribution in [0.25, 0.3) is 0 Å². The molecule has 0 radical (unpaired) electrons. The van der Waals surface area contributed by atoms with Gasteiger partial charge < -0.3 is 11.1 Å². The topological polar surface area (TPSA) is 84.5 Å². The quantitative estimate of drug-likeness (QED) is 0.409. The molecule has 1 aromatic carbocycles. The maximum atomic E-state index is 12.0. The molecule has 0 unspecified atom stereocenters. The minimum Gasteiger partial charge on any atom is -0.370 e. The Morgan fingerprint density at radius 1 is 1.25 bits per heavy atom. The Labute approximate surface area is 161 Å². The van der Waals surface area contributed by atoms with E-state index >= 15 is 0 Å². The van der Waals surface area contributed by atoms with E-state index in [-0.39, 0.29) is 30.5 Å². The van der Waals surface area contributed by atoms with Crippen LogP contribution in [-0.4, -0.2) is 31.9 Å². The highest BCUT2D eigenvalue weighted by molar-refractivity contribution is 14.0. The Balaban J connectivity index is 0.00000208. The lowest BCUT2D eigenvalue weighted by Crippen LogP contribution is -2.48. The van der Waals surface area contributed by atoms with Gasteiger partial charge >= 0.3 is 0 Å². The van der Waals surface area contributed by atoms with Crippen molar-refractivity contribution in [2.75, 3.05) is 18.1 Å². The first kappa shape index (κ1) is 19.5. The lowest BCUT2D eigenvalue weighted by molar-refractivity contribution is 0.347. The summed E-state index contributed by atoms with van der Waals surface area (Å²) in [5.74, 6) is 0.305. The number of benzene rings is 1. The molecular weight excluding hydrogens is 437 g/mol. The Kier molecular flexibility index (Phi) is 6.17. The van der Waals surface area contributed by atoms with Crippen LogP contribution in [0.1, 0.15) is 43.2 Å². The molecule has 0 aromatic heterocycles. The summed E-state index contributed by atoms with van der Waals surface area (Å²) in [6.07, 6.45) is 8.21. The monoisotopic (exact) mass is 463 g/mol. The molecule has 0 spiro atoms. The van der Waals surface area contributed by atoms with Gasteiger partial charge in [0.2, 0.25) is 0 Å². The van der Waals surface area contributed by atoms with Gasteiger partial charge in [-0.1, -0.05) is 18.6 Å². The summed E-state index contributed by atoms with van der Waals surface area (Å²) in [5, 5.41) is 3.18. The number of sulfone groups is 1. The number of nitrogens with zero attached hydrogens (tertiary/aromatic N) is 1. The fourth-order valence-electron chi connectivity index (χ4n) is 3.52. The van der Waals surface area contributed by atoms with Crippen molar-refractivity contribution in [2.24, 2.45) is 10.7 Å². The molecular formula is C17H26IN3O2S. The highest BCUT2D eigenvalue weighted by Crippen LogP contribution is 2.39. The molecule has 3 rings (SSSR count). The summed E-state index contributed by atoms with van der Waals surface area (Å²) >= 11 is 0. The van der Waals surface area contributed by atoms with E-state index < -0.39 is 14.6 Å². The molecule has 2 aliphatic carbocycles. The van der Waals surface area contributed by atoms with Crippen LogP contribution in [0.4, 0.5) is 5.69 Å². The molecule has 7 heteroatoms. The number of nitrogens with one attached hydrogen (secondary N) is 1. The highest BCUT2D eigenvalue weighted by atomic mass is 127. The second-order valence-corrected chi connectivity index (χ2v) is 9.20. The lowest BCUT2D eigenvalue weighted by Gasteiger charge is -2.38. The zero-order valence-corrected chi connectivity index (χ0v) is 17.2. The molecule has 1 fully saturated rings. The maximum Gasteiger partial charge on any atom is 0.193 e. The van der Waals surface area contributed by atoms with Crippen molar-refractivity contribution in [1.29, 1.82) is 0 Å². The molecule has 2 aliphatic rings. The van der Waals surface area contributed by atoms with E-state index in [0.29, 0.717) is 18.8 Å². The average molecular weight is 463 g/mol. The predicted molar refractivity (Wildman–Crippen MR) is 110 cm³/mol. The zero-order valence-electron chi connectivity index (χ0n) is 14.0. The molecule has 0 amide bonds. The molecule has 134 valence electrons. The number of fused-ring (bicyclic) bond motifs is 1. The van der Waals surface area contributed by atoms with Gasteiger partial charge in [0.05, 0.1) is 11.3 Å². The van der Waals surface area contributed by atoms with E-state index in [1.165, 1.54) is 30.2 Å². The number of halogens is 1. The number of anilines is 1. The van der Waals surface area contributed by atoms with Gasteiger partial charge in [0, 0.05) is 11.9 Å². The molecule has 24 heavy (non-hydrogen) atoms. The van der Waals surface area contributed by atoms with Gasteiger partial charge in [-0.05, 0) is 55.7 Å². The predicted octanol–water partition coefficient (Wildman–Crippen LogP) is 2.88. The van der Waals surface area contributed by atoms with E-state index in [4.69, 9.17) is 5.73 Å². The first-order valence-corrected chi connectivity index (χ1v) is 10.2. The van der Waals surface area contributed by atoms with Gasteiger partial charge in [0.15, 0.2) is 15.8 Å². The van der Waals surface area contributed by atoms with Crippen molar-refractivity contribution in [2.45, 2.75) is 49.7 Å². The number of guanidine groups is 1. The second-order valence-electron chi connectivity index (χ2n) is 6.79. The molecule has 0 aliphatic heterocycles. The summed E-state index contributed by atoms with van der Waals surface area (Å²) in [6, 6.07) is 6.21. The van der Waals surface area contributed by atoms with Crippen LogP contribution < -0.4 is 11.1 Å². The molecule has 0 saturated heterocycles. The van der Waals surface area contributed by atoms with Gasteiger partial charge in [0.1, 0.15) is 0 Å². The van der Waals surface area contributed by atoms with Crippen molar-refractivity contribution in [1.82, 2.24) is 0 Å². The summed E-state index contributed by atoms with van der Waals surface area (Å²) < 4.78 is 23.2. The molecule has 0 heterocycles. The van der Waals surface area contributed by atoms with Crippen molar-refractivity contribution < 1.29 is 8.42 Å². The maximum absolute atomic E-state index is 12.0. The lowest BCUT2D eigenvalue weighted by atomic mass is 9.84. The smallest absolute Gasteiger partial charge is 0.193 e. The van der Waals surface area contributed by atoms with E-state index in [1.54, 1.807) is 0 Å². The highest BCUT2D eigenvalue weighted by Gasteiger charge is 2.46. The van der Waals surface area contributed by atoms with Crippen molar-refractivity contribution in [3.63, 3.8) is 0 Å². The van der Waals surface area contributed by atoms with E-state index in [2.05, 4.69) is 16.4 Å². The first-order chi connectivity index (χ1) is 10.9. The first-order valence-electron chi connectivity index (χ1n) is 8.29. The third kappa shape index (κ3) is 3.87. The number of hydrogen-bond acceptors (Lipinski definition) is 3. The van der Waals surface area contributed by atoms with Gasteiger partial charge in [-0.3, -0.25) is 4.99 Å². The van der Waals surface area contributed by atoms with Crippen molar-refractivity contribution in [3.8, 4) is 0 Å². The molecule has 0 atom stereocenters. The Bertz CT molecular complexity index is 727. The number of aryl methyl sites for hydroxylation is 1. The SMILES string of the molecule is CS(=O)(=O)C1(CN=C(N)Nc2cccc3c2CCCC3)CCC1.I. The Morgan fingerprint density at radius 3 is 2.58 bits per heavy atom. The molecule has 3 N–H and O–H groups in total. The number of rotatable bonds is 4. The summed E-state index contributed by atoms with van der Waals surface area (Å²) in [6.45, 7) is 0.250. The summed E-state index contributed by atoms with van der Waals surface area (Å²) in [7, 11) is -3.10. The van der Waals surface area contributed by atoms with Crippen LogP contribution in [0.2, 0.25) is 0 Å². The number of nitrogens with two attached hydrogens (primary N) is 1. The van der Waals surface area contributed by atoms with Crippen LogP contribution in [0.5, 0.6) is 0 Å². The van der Waals surface area contributed by atoms with Gasteiger partial charge in [-0.2, -0.15) is 0 Å². The number of aliphatic imine (C=N–C) groups is 1. The minimum atomic E-state index is -3.10. The zero-order chi connectivity index (χ0) is 16.5. The molecule has 5 nitrogen and oxygen atoms in total. The fraction of sp³-hybridized carbons (Fsp3) is 0.588. The van der Waals surface area contributed by atoms with E-state index in [0.717, 1.165) is 24.9 Å². The van der Waals surface area contributed by atoms with Crippen LogP contribution in [0.15, 0.2) is 23.2 Å². The minimum absolute atomic E-state index is 0. The van der Waals surface area contributed by atoms with E-state index in [1.807, 2.05) is 12.1 Å². The average Bonchev–Trinajstić information content (AvgIpc) is 2.45. The van der Waals surface area contributed by atoms with Crippen LogP contribution in [0, 0.1) is 0 Å². The van der Waals surface area contributed by atoms with Crippen molar-refractivity contribution in [3.05, 3.63) is 29.3 Å². The van der Waals surface area contributed by atoms with Gasteiger partial charge in [-0.25, -0.2) is 8.42 Å². The van der Waals surface area contributed by atoms with Crippen LogP contribution in [-0.2, 0) is 22.7 Å². The van der Waals surface area contributed by atoms with Gasteiger partial charge in [-0.15, -0.1) is 24.0 Å². The third-order valence-electron chi connectivity index (χ3n) is 5.25. The number of hydrogen-bond donors (Lipinski definition) is 2. The largest absolute Gasteiger partial charge is 0.370 e. The standard InChI is InChI=1S/C17H25N3O2S.HI/c1-23(21,22)17(10-5-11-17)12-19-16(18)20-15-9-4-7-13-6-2-3-8-14(13)15;/h4,7,9H,2-3,5-6,8,10-12H2,1H3,(H3,18,19,20);1H. The van der Waals surface area contributed by atoms with Crippen LogP contribution >= 0.6 is 24.0 Å². The third-order valence-corrected chi connectivity index (χ3v) is 7.36. The Hall–Kier alpha value is -0.830. The van der Waals surface area contributed by atoms with Gasteiger partial charge in [0.25, 0.3) is 0 Å². The van der Waals surface area contributed by atoms with Crippen molar-refractivity contribution >= 4 is 45.5 Å². The molecule has 1 saturated carbocycles. The molecule has 0 bridgehead atoms. The second kappa shape index (κ2) is 7.59. The molecule has 1 aromatic rings.